The van der Waals surface area contributed by atoms with Gasteiger partial charge in [0, 0.05) is 6.61 Å². The summed E-state index contributed by atoms with van der Waals surface area (Å²) in [6.07, 6.45) is 0.350. The molecule has 0 spiro atoms. The first kappa shape index (κ1) is 13.4. The Labute approximate surface area is 108 Å². The predicted molar refractivity (Wildman–Crippen MR) is 64.3 cm³/mol. The monoisotopic (exact) mass is 268 g/mol. The number of hydrogen-bond donors (Lipinski definition) is 3. The molecule has 102 valence electrons. The van der Waals surface area contributed by atoms with E-state index < -0.39 is 23.2 Å². The van der Waals surface area contributed by atoms with E-state index in [2.05, 4.69) is 5.32 Å². The van der Waals surface area contributed by atoms with Gasteiger partial charge in [-0.25, -0.2) is 9.18 Å². The molecule has 1 aliphatic rings. The van der Waals surface area contributed by atoms with Crippen molar-refractivity contribution in [2.45, 2.75) is 12.0 Å². The Morgan fingerprint density at radius 1 is 1.47 bits per heavy atom. The molecule has 2 rings (SSSR count). The maximum Gasteiger partial charge on any atom is 0.337 e. The molecule has 1 fully saturated rings. The smallest absolute Gasteiger partial charge is 0.337 e. The zero-order valence-electron chi connectivity index (χ0n) is 9.98. The minimum Gasteiger partial charge on any atom is -0.478 e. The number of halogens is 1. The van der Waals surface area contributed by atoms with E-state index in [0.29, 0.717) is 13.0 Å². The predicted octanol–water partition coefficient (Wildman–Crippen LogP) is 0.580. The molecule has 4 N–H and O–H groups in total. The molecule has 1 unspecified atom stereocenters. The van der Waals surface area contributed by atoms with E-state index in [1.165, 1.54) is 6.07 Å². The zero-order chi connectivity index (χ0) is 14.0. The molecule has 0 aliphatic carbocycles. The summed E-state index contributed by atoms with van der Waals surface area (Å²) in [6.45, 7) is 0.446. The lowest BCUT2D eigenvalue weighted by Gasteiger charge is -2.21. The van der Waals surface area contributed by atoms with Crippen LogP contribution in [-0.2, 0) is 9.53 Å². The fourth-order valence-electron chi connectivity index (χ4n) is 1.81. The third-order valence-electron chi connectivity index (χ3n) is 2.96. The lowest BCUT2D eigenvalue weighted by molar-refractivity contribution is -0.121. The Morgan fingerprint density at radius 3 is 2.79 bits per heavy atom. The van der Waals surface area contributed by atoms with Crippen LogP contribution < -0.4 is 11.1 Å². The number of nitrogens with two attached hydrogens (primary N) is 1. The molecule has 1 aromatic rings. The normalized spacial score (nSPS) is 22.2. The van der Waals surface area contributed by atoms with Crippen molar-refractivity contribution in [2.75, 3.05) is 18.5 Å². The number of rotatable bonds is 3. The Kier molecular flexibility index (Phi) is 3.50. The topological polar surface area (TPSA) is 102 Å². The number of carbonyl (C=O) groups excluding carboxylic acids is 1. The molecule has 1 aromatic carbocycles. The van der Waals surface area contributed by atoms with Gasteiger partial charge in [0.25, 0.3) is 0 Å². The standard InChI is InChI=1S/C12H13FN2O4/c13-7-1-2-9(8(5-7)10(16)17)15-11(18)12(14)3-4-19-6-12/h1-2,5H,3-4,6,14H2,(H,15,18)(H,16,17). The van der Waals surface area contributed by atoms with E-state index in [1.54, 1.807) is 0 Å². The Morgan fingerprint density at radius 2 is 2.21 bits per heavy atom. The van der Waals surface area contributed by atoms with Crippen molar-refractivity contribution in [3.8, 4) is 0 Å². The van der Waals surface area contributed by atoms with Gasteiger partial charge in [-0.3, -0.25) is 4.79 Å². The lowest BCUT2D eigenvalue weighted by atomic mass is 9.99. The largest absolute Gasteiger partial charge is 0.478 e. The SMILES string of the molecule is NC1(C(=O)Nc2ccc(F)cc2C(=O)O)CCOC1. The summed E-state index contributed by atoms with van der Waals surface area (Å²) in [5.41, 5.74) is 4.36. The average Bonchev–Trinajstić information content (AvgIpc) is 2.79. The van der Waals surface area contributed by atoms with Crippen molar-refractivity contribution in [2.24, 2.45) is 5.73 Å². The molecule has 1 atom stereocenters. The summed E-state index contributed by atoms with van der Waals surface area (Å²) >= 11 is 0. The summed E-state index contributed by atoms with van der Waals surface area (Å²) in [5.74, 6) is -2.57. The maximum atomic E-state index is 13.0. The molecule has 1 aliphatic heterocycles. The first-order valence-electron chi connectivity index (χ1n) is 5.63. The first-order valence-corrected chi connectivity index (χ1v) is 5.63. The summed E-state index contributed by atoms with van der Waals surface area (Å²) in [5, 5.41) is 11.4. The van der Waals surface area contributed by atoms with Gasteiger partial charge in [-0.1, -0.05) is 0 Å². The van der Waals surface area contributed by atoms with Crippen LogP contribution in [0.15, 0.2) is 18.2 Å². The highest BCUT2D eigenvalue weighted by Gasteiger charge is 2.38. The summed E-state index contributed by atoms with van der Waals surface area (Å²) in [4.78, 5) is 23.0. The first-order chi connectivity index (χ1) is 8.92. The molecule has 19 heavy (non-hydrogen) atoms. The number of carboxylic acid groups (broad SMARTS) is 1. The average molecular weight is 268 g/mol. The number of anilines is 1. The van der Waals surface area contributed by atoms with Gasteiger partial charge in [-0.05, 0) is 24.6 Å². The van der Waals surface area contributed by atoms with E-state index in [1.807, 2.05) is 0 Å². The van der Waals surface area contributed by atoms with Crippen LogP contribution in [0.4, 0.5) is 10.1 Å². The quantitative estimate of drug-likeness (QED) is 0.744. The molecule has 6 nitrogen and oxygen atoms in total. The van der Waals surface area contributed by atoms with E-state index in [-0.39, 0.29) is 17.9 Å². The van der Waals surface area contributed by atoms with E-state index in [0.717, 1.165) is 12.1 Å². The molecule has 7 heteroatoms. The molecule has 0 saturated carbocycles. The number of hydrogen-bond acceptors (Lipinski definition) is 4. The molecule has 1 amide bonds. The molecular weight excluding hydrogens is 255 g/mol. The van der Waals surface area contributed by atoms with Gasteiger partial charge in [0.05, 0.1) is 17.9 Å². The van der Waals surface area contributed by atoms with Crippen LogP contribution in [0, 0.1) is 5.82 Å². The summed E-state index contributed by atoms with van der Waals surface area (Å²) in [7, 11) is 0. The van der Waals surface area contributed by atoms with E-state index >= 15 is 0 Å². The van der Waals surface area contributed by atoms with Gasteiger partial charge in [0.15, 0.2) is 0 Å². The Balaban J connectivity index is 2.23. The van der Waals surface area contributed by atoms with Crippen molar-refractivity contribution < 1.29 is 23.8 Å². The minimum absolute atomic E-state index is 0.00984. The van der Waals surface area contributed by atoms with Gasteiger partial charge in [0.1, 0.15) is 11.4 Å². The molecular formula is C12H13FN2O4. The number of carboxylic acids is 1. The van der Waals surface area contributed by atoms with Gasteiger partial charge in [-0.2, -0.15) is 0 Å². The van der Waals surface area contributed by atoms with Gasteiger partial charge < -0.3 is 20.9 Å². The maximum absolute atomic E-state index is 13.0. The van der Waals surface area contributed by atoms with Crippen molar-refractivity contribution in [3.05, 3.63) is 29.6 Å². The van der Waals surface area contributed by atoms with E-state index in [4.69, 9.17) is 15.6 Å². The van der Waals surface area contributed by atoms with Crippen LogP contribution in [0.5, 0.6) is 0 Å². The molecule has 1 saturated heterocycles. The van der Waals surface area contributed by atoms with Crippen LogP contribution in [0.2, 0.25) is 0 Å². The van der Waals surface area contributed by atoms with Crippen molar-refractivity contribution >= 4 is 17.6 Å². The second-order valence-electron chi connectivity index (χ2n) is 4.41. The molecule has 0 bridgehead atoms. The highest BCUT2D eigenvalue weighted by molar-refractivity contribution is 6.03. The minimum atomic E-state index is -1.33. The number of aromatic carboxylic acids is 1. The van der Waals surface area contributed by atoms with Crippen LogP contribution in [0.3, 0.4) is 0 Å². The van der Waals surface area contributed by atoms with Gasteiger partial charge in [-0.15, -0.1) is 0 Å². The van der Waals surface area contributed by atoms with Crippen LogP contribution >= 0.6 is 0 Å². The van der Waals surface area contributed by atoms with Crippen molar-refractivity contribution in [3.63, 3.8) is 0 Å². The van der Waals surface area contributed by atoms with Crippen molar-refractivity contribution in [1.29, 1.82) is 0 Å². The number of ether oxygens (including phenoxy) is 1. The van der Waals surface area contributed by atoms with Crippen molar-refractivity contribution in [1.82, 2.24) is 0 Å². The van der Waals surface area contributed by atoms with Gasteiger partial charge in [0.2, 0.25) is 5.91 Å². The van der Waals surface area contributed by atoms with E-state index in [9.17, 15) is 14.0 Å². The Hall–Kier alpha value is -1.99. The zero-order valence-corrected chi connectivity index (χ0v) is 9.98. The second kappa shape index (κ2) is 4.94. The van der Waals surface area contributed by atoms with Gasteiger partial charge >= 0.3 is 5.97 Å². The molecule has 0 radical (unpaired) electrons. The lowest BCUT2D eigenvalue weighted by Crippen LogP contribution is -2.51. The highest BCUT2D eigenvalue weighted by Crippen LogP contribution is 2.21. The fourth-order valence-corrected chi connectivity index (χ4v) is 1.81. The van der Waals surface area contributed by atoms with Crippen LogP contribution in [-0.4, -0.2) is 35.7 Å². The number of amides is 1. The summed E-state index contributed by atoms with van der Waals surface area (Å²) < 4.78 is 18.1. The number of nitrogens with one attached hydrogen (secondary N) is 1. The fraction of sp³-hybridized carbons (Fsp3) is 0.333. The molecule has 0 aromatic heterocycles. The molecule has 1 heterocycles. The van der Waals surface area contributed by atoms with Crippen LogP contribution in [0.1, 0.15) is 16.8 Å². The second-order valence-corrected chi connectivity index (χ2v) is 4.41. The number of carbonyl (C=O) groups is 2. The Bertz CT molecular complexity index is 526. The number of benzene rings is 1. The third-order valence-corrected chi connectivity index (χ3v) is 2.96. The third kappa shape index (κ3) is 2.72. The van der Waals surface area contributed by atoms with Crippen LogP contribution in [0.25, 0.3) is 0 Å². The highest BCUT2D eigenvalue weighted by atomic mass is 19.1. The summed E-state index contributed by atoms with van der Waals surface area (Å²) in [6, 6.07) is 3.10.